The largest absolute Gasteiger partial charge is 0.299 e. The van der Waals surface area contributed by atoms with E-state index in [-0.39, 0.29) is 5.41 Å². The van der Waals surface area contributed by atoms with Crippen molar-refractivity contribution in [1.29, 1.82) is 0 Å². The zero-order valence-electron chi connectivity index (χ0n) is 9.76. The van der Waals surface area contributed by atoms with E-state index in [0.717, 1.165) is 12.8 Å². The Morgan fingerprint density at radius 3 is 2.29 bits per heavy atom. The van der Waals surface area contributed by atoms with E-state index < -0.39 is 0 Å². The van der Waals surface area contributed by atoms with Crippen LogP contribution in [0.3, 0.4) is 0 Å². The van der Waals surface area contributed by atoms with Gasteiger partial charge < -0.3 is 0 Å². The molecule has 0 spiro atoms. The van der Waals surface area contributed by atoms with Crippen molar-refractivity contribution in [2.75, 3.05) is 11.5 Å². The second kappa shape index (κ2) is 7.63. The molecule has 0 aliphatic heterocycles. The van der Waals surface area contributed by atoms with Gasteiger partial charge in [-0.1, -0.05) is 42.4 Å². The lowest BCUT2D eigenvalue weighted by atomic mass is 9.84. The quantitative estimate of drug-likeness (QED) is 0.463. The third-order valence-corrected chi connectivity index (χ3v) is 5.05. The summed E-state index contributed by atoms with van der Waals surface area (Å²) in [6.45, 7) is 7.98. The molecular formula is C11H22OS2. The molecule has 0 unspecified atom stereocenters. The van der Waals surface area contributed by atoms with Crippen molar-refractivity contribution in [2.24, 2.45) is 5.41 Å². The molecular weight excluding hydrogens is 212 g/mol. The van der Waals surface area contributed by atoms with Crippen LogP contribution in [0, 0.1) is 5.41 Å². The van der Waals surface area contributed by atoms with Gasteiger partial charge >= 0.3 is 0 Å². The first-order valence-corrected chi connectivity index (χ1v) is 7.75. The summed E-state index contributed by atoms with van der Waals surface area (Å²) < 4.78 is 0. The highest BCUT2D eigenvalue weighted by Crippen LogP contribution is 2.28. The molecule has 0 aliphatic rings. The molecule has 0 N–H and O–H groups in total. The zero-order valence-corrected chi connectivity index (χ0v) is 11.4. The minimum absolute atomic E-state index is 0.115. The van der Waals surface area contributed by atoms with Crippen LogP contribution in [-0.2, 0) is 4.79 Å². The average Bonchev–Trinajstić information content (AvgIpc) is 2.10. The molecule has 0 heterocycles. The fourth-order valence-electron chi connectivity index (χ4n) is 0.950. The van der Waals surface area contributed by atoms with Crippen molar-refractivity contribution >= 4 is 27.4 Å². The third kappa shape index (κ3) is 6.77. The lowest BCUT2D eigenvalue weighted by Crippen LogP contribution is -2.21. The van der Waals surface area contributed by atoms with Crippen LogP contribution in [-0.4, -0.2) is 17.3 Å². The normalized spacial score (nSPS) is 11.7. The predicted octanol–water partition coefficient (Wildman–Crippen LogP) is 4.17. The van der Waals surface area contributed by atoms with Crippen molar-refractivity contribution in [2.45, 2.75) is 47.0 Å². The highest BCUT2D eigenvalue weighted by molar-refractivity contribution is 8.76. The Labute approximate surface area is 96.2 Å². The van der Waals surface area contributed by atoms with Gasteiger partial charge in [-0.05, 0) is 26.2 Å². The Morgan fingerprint density at radius 1 is 1.21 bits per heavy atom. The average molecular weight is 234 g/mol. The van der Waals surface area contributed by atoms with Gasteiger partial charge in [0.2, 0.25) is 0 Å². The van der Waals surface area contributed by atoms with E-state index in [9.17, 15) is 4.79 Å². The Balaban J connectivity index is 3.40. The maximum absolute atomic E-state index is 11.2. The highest BCUT2D eigenvalue weighted by Gasteiger charge is 2.22. The smallest absolute Gasteiger partial charge is 0.135 e. The fraction of sp³-hybridized carbons (Fsp3) is 0.909. The number of hydrogen-bond acceptors (Lipinski definition) is 3. The van der Waals surface area contributed by atoms with Crippen LogP contribution in [0.1, 0.15) is 47.0 Å². The second-order valence-electron chi connectivity index (χ2n) is 4.19. The SMILES string of the molecule is CCCSSCCCC(C)(C)C(C)=O. The van der Waals surface area contributed by atoms with Gasteiger partial charge in [0.05, 0.1) is 0 Å². The van der Waals surface area contributed by atoms with E-state index in [1.807, 2.05) is 35.4 Å². The molecule has 0 radical (unpaired) electrons. The lowest BCUT2D eigenvalue weighted by molar-refractivity contribution is -0.125. The van der Waals surface area contributed by atoms with E-state index in [0.29, 0.717) is 5.78 Å². The van der Waals surface area contributed by atoms with E-state index in [4.69, 9.17) is 0 Å². The Hall–Kier alpha value is 0.370. The molecule has 3 heteroatoms. The first-order valence-electron chi connectivity index (χ1n) is 5.26. The summed E-state index contributed by atoms with van der Waals surface area (Å²) in [4.78, 5) is 11.2. The first-order chi connectivity index (χ1) is 6.50. The van der Waals surface area contributed by atoms with Gasteiger partial charge in [-0.2, -0.15) is 0 Å². The number of carbonyl (C=O) groups is 1. The summed E-state index contributed by atoms with van der Waals surface area (Å²) >= 11 is 0. The van der Waals surface area contributed by atoms with Crippen LogP contribution in [0.15, 0.2) is 0 Å². The van der Waals surface area contributed by atoms with E-state index in [2.05, 4.69) is 6.92 Å². The van der Waals surface area contributed by atoms with Crippen molar-refractivity contribution in [3.63, 3.8) is 0 Å². The first kappa shape index (κ1) is 14.4. The molecule has 0 saturated heterocycles. The van der Waals surface area contributed by atoms with Crippen LogP contribution >= 0.6 is 21.6 Å². The summed E-state index contributed by atoms with van der Waals surface area (Å²) in [5.41, 5.74) is -0.115. The lowest BCUT2D eigenvalue weighted by Gasteiger charge is -2.20. The van der Waals surface area contributed by atoms with Gasteiger partial charge in [0.15, 0.2) is 0 Å². The summed E-state index contributed by atoms with van der Waals surface area (Å²) in [7, 11) is 3.88. The maximum Gasteiger partial charge on any atom is 0.135 e. The molecule has 84 valence electrons. The minimum atomic E-state index is -0.115. The van der Waals surface area contributed by atoms with Crippen LogP contribution in [0.4, 0.5) is 0 Å². The summed E-state index contributed by atoms with van der Waals surface area (Å²) in [6.07, 6.45) is 3.41. The van der Waals surface area contributed by atoms with Crippen LogP contribution < -0.4 is 0 Å². The van der Waals surface area contributed by atoms with Crippen molar-refractivity contribution in [3.8, 4) is 0 Å². The topological polar surface area (TPSA) is 17.1 Å². The molecule has 0 saturated carbocycles. The highest BCUT2D eigenvalue weighted by atomic mass is 33.1. The molecule has 0 fully saturated rings. The number of rotatable bonds is 8. The van der Waals surface area contributed by atoms with Gasteiger partial charge in [0, 0.05) is 16.9 Å². The molecule has 0 rings (SSSR count). The van der Waals surface area contributed by atoms with E-state index in [1.54, 1.807) is 6.92 Å². The van der Waals surface area contributed by atoms with Crippen LogP contribution in [0.2, 0.25) is 0 Å². The Bertz CT molecular complexity index is 167. The molecule has 1 nitrogen and oxygen atoms in total. The summed E-state index contributed by atoms with van der Waals surface area (Å²) in [5, 5.41) is 0. The molecule has 0 aromatic heterocycles. The van der Waals surface area contributed by atoms with Gasteiger partial charge in [-0.25, -0.2) is 0 Å². The second-order valence-corrected chi connectivity index (χ2v) is 6.89. The minimum Gasteiger partial charge on any atom is -0.299 e. The van der Waals surface area contributed by atoms with Crippen molar-refractivity contribution in [3.05, 3.63) is 0 Å². The van der Waals surface area contributed by atoms with Crippen LogP contribution in [0.25, 0.3) is 0 Å². The van der Waals surface area contributed by atoms with Crippen molar-refractivity contribution < 1.29 is 4.79 Å². The van der Waals surface area contributed by atoms with Crippen molar-refractivity contribution in [1.82, 2.24) is 0 Å². The molecule has 0 aromatic rings. The zero-order chi connectivity index (χ0) is 11.0. The van der Waals surface area contributed by atoms with Gasteiger partial charge in [0.25, 0.3) is 0 Å². The Kier molecular flexibility index (Phi) is 7.84. The number of Topliss-reactive ketones (excluding diaryl/α,β-unsaturated/α-hetero) is 1. The number of ketones is 1. The Morgan fingerprint density at radius 2 is 1.79 bits per heavy atom. The molecule has 0 aromatic carbocycles. The molecule has 0 bridgehead atoms. The third-order valence-electron chi connectivity index (χ3n) is 2.35. The fourth-order valence-corrected chi connectivity index (χ4v) is 3.18. The number of hydrogen-bond donors (Lipinski definition) is 0. The van der Waals surface area contributed by atoms with Crippen LogP contribution in [0.5, 0.6) is 0 Å². The monoisotopic (exact) mass is 234 g/mol. The maximum atomic E-state index is 11.2. The molecule has 14 heavy (non-hydrogen) atoms. The molecule has 0 amide bonds. The standard InChI is InChI=1S/C11H22OS2/c1-5-8-13-14-9-6-7-11(3,4)10(2)12/h5-9H2,1-4H3. The predicted molar refractivity (Wildman–Crippen MR) is 68.9 cm³/mol. The van der Waals surface area contributed by atoms with Gasteiger partial charge in [-0.3, -0.25) is 4.79 Å². The van der Waals surface area contributed by atoms with Gasteiger partial charge in [-0.15, -0.1) is 0 Å². The van der Waals surface area contributed by atoms with E-state index in [1.165, 1.54) is 17.9 Å². The number of carbonyl (C=O) groups excluding carboxylic acids is 1. The van der Waals surface area contributed by atoms with Gasteiger partial charge in [0.1, 0.15) is 5.78 Å². The summed E-state index contributed by atoms with van der Waals surface area (Å²) in [6, 6.07) is 0. The molecule has 0 aliphatic carbocycles. The van der Waals surface area contributed by atoms with E-state index >= 15 is 0 Å². The molecule has 0 atom stereocenters. The summed E-state index contributed by atoms with van der Waals surface area (Å²) in [5.74, 6) is 2.71.